The maximum atomic E-state index is 13.3. The highest BCUT2D eigenvalue weighted by Crippen LogP contribution is 2.32. The average molecular weight is 280 g/mol. The van der Waals surface area contributed by atoms with Crippen LogP contribution in [0.15, 0.2) is 42.5 Å². The molecular weight excluding hydrogens is 265 g/mol. The third-order valence-corrected chi connectivity index (χ3v) is 4.18. The predicted molar refractivity (Wildman–Crippen MR) is 79.8 cm³/mol. The molecule has 0 amide bonds. The van der Waals surface area contributed by atoms with Crippen LogP contribution >= 0.6 is 0 Å². The monoisotopic (exact) mass is 280 g/mol. The third-order valence-electron chi connectivity index (χ3n) is 4.18. The normalized spacial score (nSPS) is 16.3. The van der Waals surface area contributed by atoms with Crippen molar-refractivity contribution in [2.24, 2.45) is 0 Å². The van der Waals surface area contributed by atoms with Gasteiger partial charge in [0.15, 0.2) is 0 Å². The molecule has 4 heteroatoms. The zero-order chi connectivity index (χ0) is 14.4. The maximum Gasteiger partial charge on any atom is 0.125 e. The molecule has 0 saturated heterocycles. The summed E-state index contributed by atoms with van der Waals surface area (Å²) in [7, 11) is 0. The quantitative estimate of drug-likeness (QED) is 0.778. The first-order chi connectivity index (χ1) is 10.2. The van der Waals surface area contributed by atoms with Crippen molar-refractivity contribution in [3.05, 3.63) is 72.0 Å². The summed E-state index contributed by atoms with van der Waals surface area (Å²) in [5.74, 6) is -0.258. The Labute approximate surface area is 122 Å². The minimum absolute atomic E-state index is 0.0587. The maximum absolute atomic E-state index is 13.3. The van der Waals surface area contributed by atoms with E-state index in [9.17, 15) is 4.39 Å². The molecular formula is C17H15FN3. The van der Waals surface area contributed by atoms with Gasteiger partial charge in [-0.1, -0.05) is 24.3 Å². The van der Waals surface area contributed by atoms with Crippen molar-refractivity contribution in [2.45, 2.75) is 19.1 Å². The molecule has 3 nitrogen and oxygen atoms in total. The van der Waals surface area contributed by atoms with Gasteiger partial charge in [-0.2, -0.15) is 5.10 Å². The van der Waals surface area contributed by atoms with Crippen molar-refractivity contribution < 1.29 is 4.39 Å². The van der Waals surface area contributed by atoms with Crippen LogP contribution in [0.1, 0.15) is 22.9 Å². The van der Waals surface area contributed by atoms with E-state index >= 15 is 0 Å². The Hall–Kier alpha value is -2.20. The van der Waals surface area contributed by atoms with E-state index in [1.54, 1.807) is 6.07 Å². The lowest BCUT2D eigenvalue weighted by atomic mass is 10.1. The van der Waals surface area contributed by atoms with Crippen LogP contribution in [0.3, 0.4) is 0 Å². The zero-order valence-corrected chi connectivity index (χ0v) is 11.5. The summed E-state index contributed by atoms with van der Waals surface area (Å²) in [6, 6.07) is 13.1. The lowest BCUT2D eigenvalue weighted by molar-refractivity contribution is 0.232. The Kier molecular flexibility index (Phi) is 2.79. The minimum atomic E-state index is -0.258. The second-order valence-corrected chi connectivity index (χ2v) is 5.49. The highest BCUT2D eigenvalue weighted by atomic mass is 19.1. The number of hydrogen-bond donors (Lipinski definition) is 1. The summed E-state index contributed by atoms with van der Waals surface area (Å²) in [5.41, 5.74) is 4.28. The highest BCUT2D eigenvalue weighted by Gasteiger charge is 2.26. The number of benzene rings is 2. The van der Waals surface area contributed by atoms with E-state index in [0.717, 1.165) is 29.7 Å². The van der Waals surface area contributed by atoms with Crippen LogP contribution in [0.2, 0.25) is 0 Å². The molecule has 2 heterocycles. The Morgan fingerprint density at radius 1 is 1.14 bits per heavy atom. The number of aromatic amines is 1. The molecule has 1 aliphatic heterocycles. The molecule has 1 unspecified atom stereocenters. The van der Waals surface area contributed by atoms with Crippen LogP contribution in [0.25, 0.3) is 10.9 Å². The topological polar surface area (TPSA) is 31.9 Å². The second kappa shape index (κ2) is 4.67. The number of aromatic nitrogens is 2. The summed E-state index contributed by atoms with van der Waals surface area (Å²) < 4.78 is 13.3. The van der Waals surface area contributed by atoms with Gasteiger partial charge in [-0.15, -0.1) is 0 Å². The van der Waals surface area contributed by atoms with Crippen molar-refractivity contribution in [1.29, 1.82) is 0 Å². The molecule has 0 aliphatic carbocycles. The second-order valence-electron chi connectivity index (χ2n) is 5.49. The molecule has 2 aromatic carbocycles. The predicted octanol–water partition coefficient (Wildman–Crippen LogP) is 3.59. The molecule has 3 aromatic rings. The van der Waals surface area contributed by atoms with E-state index in [2.05, 4.69) is 46.3 Å². The van der Waals surface area contributed by atoms with Crippen LogP contribution in [0.5, 0.6) is 0 Å². The van der Waals surface area contributed by atoms with Gasteiger partial charge in [0, 0.05) is 18.5 Å². The molecule has 0 bridgehead atoms. The van der Waals surface area contributed by atoms with Gasteiger partial charge in [-0.3, -0.25) is 10.00 Å². The van der Waals surface area contributed by atoms with Gasteiger partial charge in [-0.05, 0) is 36.2 Å². The lowest BCUT2D eigenvalue weighted by Gasteiger charge is -2.22. The van der Waals surface area contributed by atoms with Crippen LogP contribution in [-0.2, 0) is 13.1 Å². The first-order valence-electron chi connectivity index (χ1n) is 7.00. The van der Waals surface area contributed by atoms with E-state index < -0.39 is 0 Å². The largest absolute Gasteiger partial charge is 0.286 e. The van der Waals surface area contributed by atoms with Crippen LogP contribution in [0, 0.1) is 12.7 Å². The number of halogens is 1. The van der Waals surface area contributed by atoms with Gasteiger partial charge in [0.05, 0.1) is 17.3 Å². The van der Waals surface area contributed by atoms with E-state index in [0.29, 0.717) is 0 Å². The number of nitrogens with zero attached hydrogens (tertiary/aromatic N) is 2. The summed E-state index contributed by atoms with van der Waals surface area (Å²) in [4.78, 5) is 2.28. The fraction of sp³-hybridized carbons (Fsp3) is 0.176. The third kappa shape index (κ3) is 2.03. The molecule has 1 atom stereocenters. The number of hydrogen-bond acceptors (Lipinski definition) is 2. The number of rotatable bonds is 2. The Bertz CT molecular complexity index is 784. The lowest BCUT2D eigenvalue weighted by Crippen LogP contribution is -2.21. The molecule has 0 saturated carbocycles. The van der Waals surface area contributed by atoms with Crippen molar-refractivity contribution in [2.75, 3.05) is 0 Å². The van der Waals surface area contributed by atoms with E-state index in [1.807, 2.05) is 0 Å². The van der Waals surface area contributed by atoms with Crippen molar-refractivity contribution in [3.8, 4) is 0 Å². The Morgan fingerprint density at radius 3 is 2.57 bits per heavy atom. The fourth-order valence-electron chi connectivity index (χ4n) is 3.02. The molecule has 4 rings (SSSR count). The Balaban J connectivity index is 1.67. The van der Waals surface area contributed by atoms with Gasteiger partial charge in [0.1, 0.15) is 5.82 Å². The summed E-state index contributed by atoms with van der Waals surface area (Å²) in [6.45, 7) is 6.02. The standard InChI is InChI=1S/C17H15FN3/c1-11(21-9-12-4-2-3-5-13(12)10-21)17-15-7-6-14(18)8-16(15)19-20-17/h2-8,11H,1,9-10H2,(H,19,20). The zero-order valence-electron chi connectivity index (χ0n) is 11.5. The smallest absolute Gasteiger partial charge is 0.125 e. The highest BCUT2D eigenvalue weighted by molar-refractivity contribution is 5.81. The van der Waals surface area contributed by atoms with Gasteiger partial charge in [0.25, 0.3) is 0 Å². The minimum Gasteiger partial charge on any atom is -0.286 e. The number of fused-ring (bicyclic) bond motifs is 2. The first-order valence-corrected chi connectivity index (χ1v) is 7.00. The summed E-state index contributed by atoms with van der Waals surface area (Å²) in [6.07, 6.45) is 0. The number of H-pyrrole nitrogens is 1. The summed E-state index contributed by atoms with van der Waals surface area (Å²) >= 11 is 0. The fourth-order valence-corrected chi connectivity index (χ4v) is 3.02. The van der Waals surface area contributed by atoms with Crippen molar-refractivity contribution in [1.82, 2.24) is 15.1 Å². The Morgan fingerprint density at radius 2 is 1.86 bits per heavy atom. The van der Waals surface area contributed by atoms with Crippen molar-refractivity contribution in [3.63, 3.8) is 0 Å². The molecule has 0 spiro atoms. The van der Waals surface area contributed by atoms with Crippen LogP contribution in [0.4, 0.5) is 4.39 Å². The molecule has 0 fully saturated rings. The van der Waals surface area contributed by atoms with Crippen molar-refractivity contribution >= 4 is 10.9 Å². The van der Waals surface area contributed by atoms with Gasteiger partial charge < -0.3 is 0 Å². The van der Waals surface area contributed by atoms with E-state index in [-0.39, 0.29) is 11.9 Å². The molecule has 1 aliphatic rings. The van der Waals surface area contributed by atoms with Gasteiger partial charge >= 0.3 is 0 Å². The molecule has 1 radical (unpaired) electrons. The molecule has 105 valence electrons. The van der Waals surface area contributed by atoms with Crippen LogP contribution in [-0.4, -0.2) is 15.1 Å². The molecule has 21 heavy (non-hydrogen) atoms. The average Bonchev–Trinajstić information content (AvgIpc) is 3.09. The van der Waals surface area contributed by atoms with Gasteiger partial charge in [0.2, 0.25) is 0 Å². The molecule has 1 aromatic heterocycles. The number of nitrogens with one attached hydrogen (secondary N) is 1. The van der Waals surface area contributed by atoms with E-state index in [4.69, 9.17) is 0 Å². The van der Waals surface area contributed by atoms with Gasteiger partial charge in [-0.25, -0.2) is 4.39 Å². The first kappa shape index (κ1) is 12.5. The SMILES string of the molecule is [CH2]C(c1n[nH]c2cc(F)ccc12)N1Cc2ccccc2C1. The summed E-state index contributed by atoms with van der Waals surface area (Å²) in [5, 5.41) is 8.18. The van der Waals surface area contributed by atoms with Crippen LogP contribution < -0.4 is 0 Å². The molecule has 1 N–H and O–H groups in total. The van der Waals surface area contributed by atoms with E-state index in [1.165, 1.54) is 23.3 Å².